The Balaban J connectivity index is 1.28. The number of piperazine rings is 1. The second kappa shape index (κ2) is 10.2. The van der Waals surface area contributed by atoms with Gasteiger partial charge in [0.1, 0.15) is 18.3 Å². The number of hydrogen-bond acceptors (Lipinski definition) is 7. The van der Waals surface area contributed by atoms with E-state index < -0.39 is 34.4 Å². The number of sulfonamides is 1. The minimum absolute atomic E-state index is 0.0779. The number of hydrogen-bond donors (Lipinski definition) is 3. The maximum absolute atomic E-state index is 12.8. The minimum atomic E-state index is -3.78. The zero-order valence-corrected chi connectivity index (χ0v) is 19.0. The third kappa shape index (κ3) is 5.53. The normalized spacial score (nSPS) is 25.9. The van der Waals surface area contributed by atoms with Gasteiger partial charge in [0, 0.05) is 38.4 Å². The first kappa shape index (κ1) is 23.7. The molecule has 0 unspecified atom stereocenters. The van der Waals surface area contributed by atoms with Crippen molar-refractivity contribution in [2.24, 2.45) is 0 Å². The molecular weight excluding hydrogens is 446 g/mol. The van der Waals surface area contributed by atoms with Crippen LogP contribution < -0.4 is 9.62 Å². The third-order valence-corrected chi connectivity index (χ3v) is 7.56. The van der Waals surface area contributed by atoms with Crippen molar-refractivity contribution < 1.29 is 28.2 Å². The highest BCUT2D eigenvalue weighted by Gasteiger charge is 2.44. The lowest BCUT2D eigenvalue weighted by atomic mass is 10.0. The van der Waals surface area contributed by atoms with Gasteiger partial charge in [-0.1, -0.05) is 36.4 Å². The van der Waals surface area contributed by atoms with Crippen molar-refractivity contribution in [3.05, 3.63) is 60.7 Å². The number of ether oxygens (including phenoxy) is 1. The van der Waals surface area contributed by atoms with Gasteiger partial charge in [0.2, 0.25) is 15.9 Å². The van der Waals surface area contributed by atoms with Crippen molar-refractivity contribution in [1.29, 1.82) is 0 Å². The maximum Gasteiger partial charge on any atom is 0.240 e. The van der Waals surface area contributed by atoms with Crippen LogP contribution in [0.15, 0.2) is 65.6 Å². The number of rotatable bonds is 7. The monoisotopic (exact) mass is 475 g/mol. The highest BCUT2D eigenvalue weighted by Crippen LogP contribution is 2.25. The molecule has 33 heavy (non-hydrogen) atoms. The summed E-state index contributed by atoms with van der Waals surface area (Å²) >= 11 is 0. The van der Waals surface area contributed by atoms with Crippen molar-refractivity contribution in [2.75, 3.05) is 37.6 Å². The lowest BCUT2D eigenvalue weighted by molar-refractivity contribution is -0.135. The van der Waals surface area contributed by atoms with Crippen LogP contribution in [-0.2, 0) is 19.6 Å². The van der Waals surface area contributed by atoms with Crippen molar-refractivity contribution in [3.8, 4) is 0 Å². The average molecular weight is 476 g/mol. The van der Waals surface area contributed by atoms with Gasteiger partial charge in [0.05, 0.1) is 17.4 Å². The molecule has 0 aliphatic carbocycles. The van der Waals surface area contributed by atoms with Gasteiger partial charge >= 0.3 is 0 Å². The van der Waals surface area contributed by atoms with E-state index in [0.29, 0.717) is 26.2 Å². The number of amides is 1. The largest absolute Gasteiger partial charge is 0.388 e. The number of carbonyl (C=O) groups excluding carboxylic acids is 1. The van der Waals surface area contributed by atoms with Crippen LogP contribution in [0, 0.1) is 0 Å². The Hall–Kier alpha value is -2.50. The summed E-state index contributed by atoms with van der Waals surface area (Å²) in [5, 5.41) is 20.7. The van der Waals surface area contributed by atoms with Crippen LogP contribution in [0.3, 0.4) is 0 Å². The van der Waals surface area contributed by atoms with Crippen molar-refractivity contribution in [2.45, 2.75) is 35.7 Å². The van der Waals surface area contributed by atoms with Crippen LogP contribution in [0.5, 0.6) is 0 Å². The van der Waals surface area contributed by atoms with Crippen molar-refractivity contribution in [3.63, 3.8) is 0 Å². The Morgan fingerprint density at radius 2 is 1.48 bits per heavy atom. The molecule has 3 N–H and O–H groups in total. The summed E-state index contributed by atoms with van der Waals surface area (Å²) in [6, 6.07) is 17.8. The third-order valence-electron chi connectivity index (χ3n) is 6.12. The van der Waals surface area contributed by atoms with E-state index in [-0.39, 0.29) is 23.8 Å². The summed E-state index contributed by atoms with van der Waals surface area (Å²) in [5.41, 5.74) is 1.11. The van der Waals surface area contributed by atoms with E-state index in [4.69, 9.17) is 4.74 Å². The van der Waals surface area contributed by atoms with Gasteiger partial charge in [-0.2, -0.15) is 0 Å². The van der Waals surface area contributed by atoms with Crippen LogP contribution in [0.25, 0.3) is 0 Å². The van der Waals surface area contributed by atoms with Gasteiger partial charge in [0.25, 0.3) is 0 Å². The zero-order chi connectivity index (χ0) is 23.4. The molecule has 2 saturated heterocycles. The van der Waals surface area contributed by atoms with Crippen LogP contribution in [-0.4, -0.2) is 86.6 Å². The smallest absolute Gasteiger partial charge is 0.240 e. The van der Waals surface area contributed by atoms with Crippen LogP contribution in [0.4, 0.5) is 5.69 Å². The molecule has 10 heteroatoms. The number of aliphatic hydroxyl groups is 2. The standard InChI is InChI=1S/C23H29N3O6S/c27-21(26-13-11-25(12-14-26)17-7-3-1-4-8-17)15-19-22(28)23(29)20(32-19)16-24-33(30,31)18-9-5-2-6-10-18/h1-10,19-20,22-24,28-29H,11-16H2/t19-,20+,22-,23+/m0/s1. The number of aliphatic hydroxyl groups excluding tert-OH is 2. The Morgan fingerprint density at radius 3 is 2.12 bits per heavy atom. The fourth-order valence-electron chi connectivity index (χ4n) is 4.19. The zero-order valence-electron chi connectivity index (χ0n) is 18.2. The number of anilines is 1. The predicted molar refractivity (Wildman–Crippen MR) is 122 cm³/mol. The molecule has 1 amide bonds. The first-order valence-electron chi connectivity index (χ1n) is 11.0. The summed E-state index contributed by atoms with van der Waals surface area (Å²) < 4.78 is 32.9. The molecule has 0 spiro atoms. The van der Waals surface area contributed by atoms with Gasteiger partial charge in [-0.05, 0) is 24.3 Å². The van der Waals surface area contributed by atoms with E-state index in [2.05, 4.69) is 9.62 Å². The number of carbonyl (C=O) groups is 1. The SMILES string of the molecule is O=C(C[C@@H]1O[C@H](CNS(=O)(=O)c2ccccc2)[C@@H](O)[C@H]1O)N1CCN(c2ccccc2)CC1. The Morgan fingerprint density at radius 1 is 0.909 bits per heavy atom. The lowest BCUT2D eigenvalue weighted by Gasteiger charge is -2.36. The molecule has 0 saturated carbocycles. The fraction of sp³-hybridized carbons (Fsp3) is 0.435. The highest BCUT2D eigenvalue weighted by molar-refractivity contribution is 7.89. The first-order valence-corrected chi connectivity index (χ1v) is 12.5. The molecule has 2 aliphatic heterocycles. The van der Waals surface area contributed by atoms with Crippen LogP contribution in [0.1, 0.15) is 6.42 Å². The predicted octanol–water partition coefficient (Wildman–Crippen LogP) is 0.193. The molecule has 4 atom stereocenters. The number of nitrogens with zero attached hydrogens (tertiary/aromatic N) is 2. The molecule has 9 nitrogen and oxygen atoms in total. The number of para-hydroxylation sites is 1. The summed E-state index contributed by atoms with van der Waals surface area (Å²) in [6.45, 7) is 2.31. The highest BCUT2D eigenvalue weighted by atomic mass is 32.2. The fourth-order valence-corrected chi connectivity index (χ4v) is 5.26. The topological polar surface area (TPSA) is 119 Å². The molecule has 0 aromatic heterocycles. The number of nitrogens with one attached hydrogen (secondary N) is 1. The molecule has 2 fully saturated rings. The maximum atomic E-state index is 12.8. The van der Waals surface area contributed by atoms with E-state index in [1.807, 2.05) is 30.3 Å². The molecule has 0 bridgehead atoms. The van der Waals surface area contributed by atoms with Gasteiger partial charge in [-0.15, -0.1) is 0 Å². The molecular formula is C23H29N3O6S. The Labute approximate surface area is 193 Å². The molecule has 2 heterocycles. The Kier molecular flexibility index (Phi) is 7.30. The minimum Gasteiger partial charge on any atom is -0.388 e. The lowest BCUT2D eigenvalue weighted by Crippen LogP contribution is -2.49. The summed E-state index contributed by atoms with van der Waals surface area (Å²) in [4.78, 5) is 16.8. The average Bonchev–Trinajstić information content (AvgIpc) is 3.12. The van der Waals surface area contributed by atoms with Crippen LogP contribution >= 0.6 is 0 Å². The molecule has 4 rings (SSSR count). The van der Waals surface area contributed by atoms with Gasteiger partial charge in [-0.3, -0.25) is 4.79 Å². The Bertz CT molecular complexity index is 1030. The molecule has 2 aliphatic rings. The summed E-state index contributed by atoms with van der Waals surface area (Å²) in [5.74, 6) is -0.163. The van der Waals surface area contributed by atoms with Crippen molar-refractivity contribution >= 4 is 21.6 Å². The van der Waals surface area contributed by atoms with Gasteiger partial charge in [-0.25, -0.2) is 13.1 Å². The van der Waals surface area contributed by atoms with E-state index in [1.54, 1.807) is 23.1 Å². The number of benzene rings is 2. The summed E-state index contributed by atoms with van der Waals surface area (Å²) in [6.07, 6.45) is -4.50. The van der Waals surface area contributed by atoms with E-state index >= 15 is 0 Å². The second-order valence-corrected chi connectivity index (χ2v) is 10.0. The quantitative estimate of drug-likeness (QED) is 0.523. The van der Waals surface area contributed by atoms with E-state index in [0.717, 1.165) is 5.69 Å². The van der Waals surface area contributed by atoms with Gasteiger partial charge < -0.3 is 24.7 Å². The van der Waals surface area contributed by atoms with Crippen molar-refractivity contribution in [1.82, 2.24) is 9.62 Å². The molecule has 0 radical (unpaired) electrons. The summed E-state index contributed by atoms with van der Waals surface area (Å²) in [7, 11) is -3.78. The molecule has 2 aromatic carbocycles. The van der Waals surface area contributed by atoms with Crippen LogP contribution in [0.2, 0.25) is 0 Å². The van der Waals surface area contributed by atoms with E-state index in [9.17, 15) is 23.4 Å². The second-order valence-electron chi connectivity index (χ2n) is 8.27. The van der Waals surface area contributed by atoms with Gasteiger partial charge in [0.15, 0.2) is 0 Å². The molecule has 178 valence electrons. The molecule has 2 aromatic rings. The first-order chi connectivity index (χ1) is 15.8. The van der Waals surface area contributed by atoms with E-state index in [1.165, 1.54) is 12.1 Å².